The zero-order chi connectivity index (χ0) is 17.4. The van der Waals surface area contributed by atoms with Crippen molar-refractivity contribution in [2.45, 2.75) is 52.9 Å². The molecule has 3 fully saturated rings. The maximum Gasteiger partial charge on any atom is 0.236 e. The van der Waals surface area contributed by atoms with Gasteiger partial charge >= 0.3 is 0 Å². The van der Waals surface area contributed by atoms with E-state index in [4.69, 9.17) is 5.73 Å². The summed E-state index contributed by atoms with van der Waals surface area (Å²) in [5.41, 5.74) is 6.44. The van der Waals surface area contributed by atoms with Gasteiger partial charge in [-0.25, -0.2) is 4.39 Å². The number of allylic oxidation sites excluding steroid dienone is 3. The van der Waals surface area contributed by atoms with Crippen molar-refractivity contribution in [2.75, 3.05) is 0 Å². The predicted molar refractivity (Wildman–Crippen MR) is 89.4 cm³/mol. The fourth-order valence-corrected chi connectivity index (χ4v) is 6.71. The van der Waals surface area contributed by atoms with Crippen LogP contribution in [0.4, 0.5) is 4.39 Å². The van der Waals surface area contributed by atoms with Crippen molar-refractivity contribution in [3.8, 4) is 0 Å². The highest BCUT2D eigenvalue weighted by molar-refractivity contribution is 6.08. The molecule has 0 spiro atoms. The summed E-state index contributed by atoms with van der Waals surface area (Å²) in [7, 11) is 0. The van der Waals surface area contributed by atoms with E-state index in [9.17, 15) is 14.0 Å². The second kappa shape index (κ2) is 4.80. The first-order chi connectivity index (χ1) is 11.2. The Kier molecular flexibility index (Phi) is 3.21. The van der Waals surface area contributed by atoms with E-state index in [2.05, 4.69) is 13.8 Å². The molecule has 3 nitrogen and oxygen atoms in total. The second-order valence-electron chi connectivity index (χ2n) is 8.86. The average Bonchev–Trinajstić information content (AvgIpc) is 2.80. The molecule has 3 saturated carbocycles. The Morgan fingerprint density at radius 2 is 1.92 bits per heavy atom. The number of hydrogen-bond acceptors (Lipinski definition) is 3. The average molecular weight is 331 g/mol. The lowest BCUT2D eigenvalue weighted by Crippen LogP contribution is -2.52. The summed E-state index contributed by atoms with van der Waals surface area (Å²) in [4.78, 5) is 24.5. The molecule has 0 saturated heterocycles. The number of rotatable bonds is 0. The first-order valence-corrected chi connectivity index (χ1v) is 9.16. The van der Waals surface area contributed by atoms with E-state index in [0.29, 0.717) is 24.0 Å². The first-order valence-electron chi connectivity index (χ1n) is 9.16. The number of carbonyl (C=O) groups excluding carboxylic acids is 2. The van der Waals surface area contributed by atoms with Crippen LogP contribution in [0.2, 0.25) is 0 Å². The highest BCUT2D eigenvalue weighted by atomic mass is 19.1. The molecule has 24 heavy (non-hydrogen) atoms. The maximum atomic E-state index is 14.3. The van der Waals surface area contributed by atoms with Gasteiger partial charge in [0.1, 0.15) is 5.78 Å². The van der Waals surface area contributed by atoms with E-state index in [1.165, 1.54) is 6.08 Å². The van der Waals surface area contributed by atoms with Gasteiger partial charge in [-0.05, 0) is 61.0 Å². The predicted octanol–water partition coefficient (Wildman–Crippen LogP) is 3.69. The SMILES string of the molecule is CC1C[C@@H]2[C@H](CC[C@]3(C)C(=O)CC[C@@H]23)[C@@]2(C)C=C(F)C(=O)C(N)=C12. The minimum atomic E-state index is -0.706. The van der Waals surface area contributed by atoms with Crippen molar-refractivity contribution in [1.82, 2.24) is 0 Å². The minimum absolute atomic E-state index is 0.124. The van der Waals surface area contributed by atoms with Crippen molar-refractivity contribution in [3.05, 3.63) is 23.2 Å². The van der Waals surface area contributed by atoms with Gasteiger partial charge in [-0.1, -0.05) is 20.8 Å². The van der Waals surface area contributed by atoms with Gasteiger partial charge in [0.25, 0.3) is 0 Å². The van der Waals surface area contributed by atoms with Gasteiger partial charge in [0, 0.05) is 17.3 Å². The Morgan fingerprint density at radius 1 is 1.21 bits per heavy atom. The summed E-state index contributed by atoms with van der Waals surface area (Å²) in [6.45, 7) is 6.29. The maximum absolute atomic E-state index is 14.3. The van der Waals surface area contributed by atoms with Crippen LogP contribution in [-0.2, 0) is 9.59 Å². The minimum Gasteiger partial charge on any atom is -0.395 e. The van der Waals surface area contributed by atoms with E-state index < -0.39 is 17.0 Å². The Morgan fingerprint density at radius 3 is 2.62 bits per heavy atom. The van der Waals surface area contributed by atoms with Crippen LogP contribution in [0, 0.1) is 34.5 Å². The van der Waals surface area contributed by atoms with Gasteiger partial charge in [-0.15, -0.1) is 0 Å². The van der Waals surface area contributed by atoms with Crippen LogP contribution in [0.3, 0.4) is 0 Å². The van der Waals surface area contributed by atoms with Crippen LogP contribution in [0.25, 0.3) is 0 Å². The van der Waals surface area contributed by atoms with E-state index >= 15 is 0 Å². The van der Waals surface area contributed by atoms with Crippen molar-refractivity contribution < 1.29 is 14.0 Å². The Hall–Kier alpha value is -1.45. The van der Waals surface area contributed by atoms with Crippen molar-refractivity contribution in [2.24, 2.45) is 40.2 Å². The monoisotopic (exact) mass is 331 g/mol. The van der Waals surface area contributed by atoms with Gasteiger partial charge in [0.15, 0.2) is 5.83 Å². The molecule has 130 valence electrons. The molecule has 0 aromatic carbocycles. The Balaban J connectivity index is 1.82. The fourth-order valence-electron chi connectivity index (χ4n) is 6.71. The molecule has 0 aromatic heterocycles. The van der Waals surface area contributed by atoms with Gasteiger partial charge in [0.2, 0.25) is 5.78 Å². The van der Waals surface area contributed by atoms with Crippen LogP contribution in [0.15, 0.2) is 23.2 Å². The van der Waals surface area contributed by atoms with Gasteiger partial charge in [0.05, 0.1) is 5.70 Å². The molecule has 1 unspecified atom stereocenters. The molecule has 0 amide bonds. The molecular formula is C20H26FNO2. The molecular weight excluding hydrogens is 305 g/mol. The molecule has 4 aliphatic carbocycles. The van der Waals surface area contributed by atoms with Crippen LogP contribution in [0.1, 0.15) is 52.9 Å². The number of ketones is 2. The quantitative estimate of drug-likeness (QED) is 0.736. The first kappa shape index (κ1) is 16.0. The summed E-state index contributed by atoms with van der Waals surface area (Å²) in [6, 6.07) is 0. The normalized spacial score (nSPS) is 47.9. The largest absolute Gasteiger partial charge is 0.395 e. The molecule has 6 atom stereocenters. The number of Topliss-reactive ketones (excluding diaryl/α,β-unsaturated/α-hetero) is 2. The zero-order valence-corrected chi connectivity index (χ0v) is 14.7. The summed E-state index contributed by atoms with van der Waals surface area (Å²) >= 11 is 0. The third kappa shape index (κ3) is 1.77. The molecule has 0 heterocycles. The van der Waals surface area contributed by atoms with Crippen LogP contribution < -0.4 is 5.73 Å². The lowest BCUT2D eigenvalue weighted by atomic mass is 9.46. The standard InChI is InChI=1S/C20H26FNO2/c1-10-8-11-12-4-5-15(23)19(12,2)7-6-13(11)20(3)9-14(21)18(24)17(22)16(10)20/h9-13H,4-8,22H2,1-3H3/t10?,11-,12-,13-,19-,20+/m0/s1. The molecule has 0 radical (unpaired) electrons. The number of hydrogen-bond donors (Lipinski definition) is 1. The van der Waals surface area contributed by atoms with Crippen molar-refractivity contribution in [1.29, 1.82) is 0 Å². The topological polar surface area (TPSA) is 60.2 Å². The summed E-state index contributed by atoms with van der Waals surface area (Å²) in [5, 5.41) is 0. The lowest BCUT2D eigenvalue weighted by molar-refractivity contribution is -0.132. The molecule has 4 heteroatoms. The third-order valence-corrected chi connectivity index (χ3v) is 7.79. The van der Waals surface area contributed by atoms with Crippen LogP contribution in [-0.4, -0.2) is 11.6 Å². The smallest absolute Gasteiger partial charge is 0.236 e. The Bertz CT molecular complexity index is 708. The molecule has 2 N–H and O–H groups in total. The lowest BCUT2D eigenvalue weighted by Gasteiger charge is -2.57. The fraction of sp³-hybridized carbons (Fsp3) is 0.700. The van der Waals surface area contributed by atoms with Gasteiger partial charge in [-0.2, -0.15) is 0 Å². The van der Waals surface area contributed by atoms with Gasteiger partial charge in [-0.3, -0.25) is 9.59 Å². The summed E-state index contributed by atoms with van der Waals surface area (Å²) in [6.07, 6.45) is 5.90. The molecule has 0 aromatic rings. The van der Waals surface area contributed by atoms with Crippen LogP contribution >= 0.6 is 0 Å². The summed E-state index contributed by atoms with van der Waals surface area (Å²) < 4.78 is 14.3. The van der Waals surface area contributed by atoms with Crippen molar-refractivity contribution >= 4 is 11.6 Å². The Labute approximate surface area is 142 Å². The molecule has 4 rings (SSSR count). The summed E-state index contributed by atoms with van der Waals surface area (Å²) in [5.74, 6) is 0.272. The zero-order valence-electron chi connectivity index (χ0n) is 14.7. The van der Waals surface area contributed by atoms with E-state index in [0.717, 1.165) is 31.3 Å². The van der Waals surface area contributed by atoms with Crippen LogP contribution in [0.5, 0.6) is 0 Å². The van der Waals surface area contributed by atoms with E-state index in [1.54, 1.807) is 0 Å². The third-order valence-electron chi connectivity index (χ3n) is 7.79. The molecule has 0 bridgehead atoms. The second-order valence-corrected chi connectivity index (χ2v) is 8.86. The highest BCUT2D eigenvalue weighted by Gasteiger charge is 2.60. The van der Waals surface area contributed by atoms with E-state index in [-0.39, 0.29) is 22.9 Å². The number of halogens is 1. The van der Waals surface area contributed by atoms with Crippen molar-refractivity contribution in [3.63, 3.8) is 0 Å². The molecule has 4 aliphatic rings. The number of carbonyl (C=O) groups is 2. The molecule has 0 aliphatic heterocycles. The number of fused-ring (bicyclic) bond motifs is 5. The van der Waals surface area contributed by atoms with E-state index in [1.807, 2.05) is 6.92 Å². The van der Waals surface area contributed by atoms with Gasteiger partial charge < -0.3 is 5.73 Å². The highest BCUT2D eigenvalue weighted by Crippen LogP contribution is 2.65. The number of nitrogens with two attached hydrogens (primary N) is 1.